The number of hydrogen-bond acceptors (Lipinski definition) is 7. The van der Waals surface area contributed by atoms with E-state index >= 15 is 0 Å². The Labute approximate surface area is 130 Å². The number of hydrogen-bond donors (Lipinski definition) is 0. The van der Waals surface area contributed by atoms with Gasteiger partial charge in [0.05, 0.1) is 6.61 Å². The minimum atomic E-state index is -0.856. The summed E-state index contributed by atoms with van der Waals surface area (Å²) in [6, 6.07) is 0. The van der Waals surface area contributed by atoms with E-state index in [1.54, 1.807) is 0 Å². The molecule has 0 aliphatic carbocycles. The van der Waals surface area contributed by atoms with E-state index in [4.69, 9.17) is 28.4 Å². The molecule has 0 aromatic carbocycles. The molecule has 4 unspecified atom stereocenters. The molecule has 7 heteroatoms. The van der Waals surface area contributed by atoms with E-state index in [2.05, 4.69) is 0 Å². The largest absolute Gasteiger partial charge is 0.455 e. The maximum absolute atomic E-state index is 12.1. The van der Waals surface area contributed by atoms with Gasteiger partial charge in [-0.3, -0.25) is 0 Å². The van der Waals surface area contributed by atoms with Crippen LogP contribution in [0.25, 0.3) is 0 Å². The first-order chi connectivity index (χ1) is 10.2. The van der Waals surface area contributed by atoms with E-state index in [1.165, 1.54) is 0 Å². The molecule has 0 saturated carbocycles. The van der Waals surface area contributed by atoms with Crippen molar-refractivity contribution < 1.29 is 33.2 Å². The highest BCUT2D eigenvalue weighted by Crippen LogP contribution is 2.39. The fourth-order valence-electron chi connectivity index (χ4n) is 3.21. The molecule has 0 N–H and O–H groups in total. The average Bonchev–Trinajstić information content (AvgIpc) is 2.90. The molecule has 126 valence electrons. The van der Waals surface area contributed by atoms with Crippen molar-refractivity contribution in [1.29, 1.82) is 0 Å². The van der Waals surface area contributed by atoms with Crippen LogP contribution in [0.2, 0.25) is 0 Å². The van der Waals surface area contributed by atoms with Crippen LogP contribution in [-0.2, 0) is 33.2 Å². The molecule has 7 nitrogen and oxygen atoms in total. The molecule has 5 atom stereocenters. The molecule has 3 saturated heterocycles. The van der Waals surface area contributed by atoms with Crippen molar-refractivity contribution in [2.75, 3.05) is 13.2 Å². The smallest absolute Gasteiger partial charge is 0.338 e. The molecule has 22 heavy (non-hydrogen) atoms. The average molecular weight is 316 g/mol. The summed E-state index contributed by atoms with van der Waals surface area (Å²) in [4.78, 5) is 12.1. The number of carbonyl (C=O) groups is 1. The fraction of sp³-hybridized carbons (Fsp3) is 0.933. The van der Waals surface area contributed by atoms with Gasteiger partial charge in [-0.15, -0.1) is 0 Å². The first-order valence-corrected chi connectivity index (χ1v) is 7.72. The Morgan fingerprint density at radius 2 is 1.73 bits per heavy atom. The highest BCUT2D eigenvalue weighted by atomic mass is 16.8. The summed E-state index contributed by atoms with van der Waals surface area (Å²) in [5.74, 6) is -1.94. The van der Waals surface area contributed by atoms with Gasteiger partial charge in [0.1, 0.15) is 18.3 Å². The monoisotopic (exact) mass is 316 g/mol. The van der Waals surface area contributed by atoms with Crippen LogP contribution in [0.5, 0.6) is 0 Å². The van der Waals surface area contributed by atoms with Gasteiger partial charge in [0.25, 0.3) is 0 Å². The van der Waals surface area contributed by atoms with Crippen molar-refractivity contribution in [2.24, 2.45) is 0 Å². The summed E-state index contributed by atoms with van der Waals surface area (Å²) in [6.07, 6.45) is -2.56. The summed E-state index contributed by atoms with van der Waals surface area (Å²) >= 11 is 0. The minimum absolute atomic E-state index is 0.321. The Balaban J connectivity index is 1.83. The minimum Gasteiger partial charge on any atom is -0.455 e. The topological polar surface area (TPSA) is 72.5 Å². The van der Waals surface area contributed by atoms with Gasteiger partial charge in [0.2, 0.25) is 0 Å². The zero-order valence-corrected chi connectivity index (χ0v) is 13.7. The van der Waals surface area contributed by atoms with Gasteiger partial charge in [-0.25, -0.2) is 4.79 Å². The molecule has 0 aromatic heterocycles. The van der Waals surface area contributed by atoms with E-state index in [1.807, 2.05) is 34.6 Å². The number of carbonyl (C=O) groups excluding carboxylic acids is 1. The van der Waals surface area contributed by atoms with E-state index in [0.29, 0.717) is 13.2 Å². The first-order valence-electron chi connectivity index (χ1n) is 7.72. The lowest BCUT2D eigenvalue weighted by atomic mass is 9.99. The highest BCUT2D eigenvalue weighted by molar-refractivity contribution is 5.78. The van der Waals surface area contributed by atoms with Crippen LogP contribution in [-0.4, -0.2) is 61.3 Å². The number of rotatable bonds is 3. The lowest BCUT2D eigenvalue weighted by Gasteiger charge is -2.44. The molecule has 0 spiro atoms. The van der Waals surface area contributed by atoms with Crippen molar-refractivity contribution in [3.05, 3.63) is 0 Å². The molecule has 0 amide bonds. The van der Waals surface area contributed by atoms with Gasteiger partial charge in [0.15, 0.2) is 23.8 Å². The molecule has 3 aliphatic rings. The van der Waals surface area contributed by atoms with Crippen molar-refractivity contribution in [3.8, 4) is 0 Å². The van der Waals surface area contributed by atoms with Gasteiger partial charge in [-0.1, -0.05) is 0 Å². The van der Waals surface area contributed by atoms with Crippen molar-refractivity contribution in [2.45, 2.75) is 76.7 Å². The van der Waals surface area contributed by atoms with E-state index in [-0.39, 0.29) is 6.10 Å². The van der Waals surface area contributed by atoms with Crippen LogP contribution in [0, 0.1) is 0 Å². The molecule has 3 rings (SSSR count). The molecule has 0 radical (unpaired) electrons. The molecular formula is C15H24O7. The normalized spacial score (nSPS) is 43.0. The van der Waals surface area contributed by atoms with Crippen LogP contribution >= 0.6 is 0 Å². The zero-order valence-electron chi connectivity index (χ0n) is 13.7. The van der Waals surface area contributed by atoms with Crippen LogP contribution in [0.1, 0.15) is 34.6 Å². The Kier molecular flexibility index (Phi) is 3.98. The standard InChI is InChI=1S/C15H24O7/c1-6-17-12-11-10(19-13(12)16)9(21-15(4,5)22-11)8-7-18-14(2,3)20-8/h8-12H,6-7H2,1-5H3/t8-,9?,10?,11?,12?/m1/s1. The van der Waals surface area contributed by atoms with Crippen molar-refractivity contribution in [1.82, 2.24) is 0 Å². The van der Waals surface area contributed by atoms with Gasteiger partial charge in [-0.2, -0.15) is 0 Å². The van der Waals surface area contributed by atoms with Crippen LogP contribution < -0.4 is 0 Å². The lowest BCUT2D eigenvalue weighted by molar-refractivity contribution is -0.343. The summed E-state index contributed by atoms with van der Waals surface area (Å²) < 4.78 is 34.3. The van der Waals surface area contributed by atoms with Gasteiger partial charge in [0, 0.05) is 6.61 Å². The Morgan fingerprint density at radius 1 is 1.05 bits per heavy atom. The second kappa shape index (κ2) is 5.42. The van der Waals surface area contributed by atoms with Gasteiger partial charge in [-0.05, 0) is 34.6 Å². The van der Waals surface area contributed by atoms with Crippen molar-refractivity contribution in [3.63, 3.8) is 0 Å². The van der Waals surface area contributed by atoms with Crippen LogP contribution in [0.3, 0.4) is 0 Å². The molecule has 0 aromatic rings. The Bertz CT molecular complexity index is 447. The third-order valence-corrected chi connectivity index (χ3v) is 4.01. The third kappa shape index (κ3) is 2.88. The summed E-state index contributed by atoms with van der Waals surface area (Å²) in [5, 5.41) is 0. The van der Waals surface area contributed by atoms with Gasteiger partial charge >= 0.3 is 5.97 Å². The number of fused-ring (bicyclic) bond motifs is 1. The summed E-state index contributed by atoms with van der Waals surface area (Å²) in [7, 11) is 0. The fourth-order valence-corrected chi connectivity index (χ4v) is 3.21. The maximum Gasteiger partial charge on any atom is 0.338 e. The van der Waals surface area contributed by atoms with Gasteiger partial charge < -0.3 is 28.4 Å². The van der Waals surface area contributed by atoms with E-state index in [9.17, 15) is 4.79 Å². The lowest BCUT2D eigenvalue weighted by Crippen LogP contribution is -2.59. The van der Waals surface area contributed by atoms with Crippen molar-refractivity contribution >= 4 is 5.97 Å². The Morgan fingerprint density at radius 3 is 2.32 bits per heavy atom. The molecule has 0 bridgehead atoms. The SMILES string of the molecule is CCOC1C(=O)OC2C1OC(C)(C)OC2[C@H]1COC(C)(C)O1. The van der Waals surface area contributed by atoms with Crippen LogP contribution in [0.4, 0.5) is 0 Å². The summed E-state index contributed by atoms with van der Waals surface area (Å²) in [6.45, 7) is 9.93. The van der Waals surface area contributed by atoms with Crippen LogP contribution in [0.15, 0.2) is 0 Å². The Hall–Kier alpha value is -0.730. The number of ether oxygens (including phenoxy) is 6. The van der Waals surface area contributed by atoms with E-state index < -0.39 is 42.0 Å². The molecular weight excluding hydrogens is 292 g/mol. The second-order valence-corrected chi connectivity index (χ2v) is 6.71. The zero-order chi connectivity index (χ0) is 16.1. The predicted octanol–water partition coefficient (Wildman–Crippen LogP) is 0.988. The quantitative estimate of drug-likeness (QED) is 0.719. The number of esters is 1. The summed E-state index contributed by atoms with van der Waals surface area (Å²) in [5.41, 5.74) is 0. The third-order valence-electron chi connectivity index (χ3n) is 4.01. The molecule has 3 heterocycles. The molecule has 3 fully saturated rings. The van der Waals surface area contributed by atoms with E-state index in [0.717, 1.165) is 0 Å². The molecule has 3 aliphatic heterocycles. The maximum atomic E-state index is 12.1. The first kappa shape index (κ1) is 16.1. The highest BCUT2D eigenvalue weighted by Gasteiger charge is 2.59. The predicted molar refractivity (Wildman–Crippen MR) is 74.0 cm³/mol. The second-order valence-electron chi connectivity index (χ2n) is 6.71.